The third-order valence-electron chi connectivity index (χ3n) is 3.03. The molecular weight excluding hydrogens is 246 g/mol. The molecule has 1 atom stereocenters. The molecule has 1 saturated heterocycles. The highest BCUT2D eigenvalue weighted by atomic mass is 32.1. The number of hydrogen-bond acceptors (Lipinski definition) is 5. The van der Waals surface area contributed by atoms with Gasteiger partial charge in [0.25, 0.3) is 0 Å². The molecule has 1 aromatic heterocycles. The van der Waals surface area contributed by atoms with E-state index in [2.05, 4.69) is 14.7 Å². The van der Waals surface area contributed by atoms with Crippen LogP contribution in [0.4, 0.5) is 0 Å². The normalized spacial score (nSPS) is 18.3. The predicted molar refractivity (Wildman–Crippen MR) is 70.5 cm³/mol. The fourth-order valence-electron chi connectivity index (χ4n) is 1.87. The maximum Gasteiger partial charge on any atom is 0.157 e. The number of ketones is 1. The van der Waals surface area contributed by atoms with Gasteiger partial charge in [-0.3, -0.25) is 4.79 Å². The molecule has 0 bridgehead atoms. The summed E-state index contributed by atoms with van der Waals surface area (Å²) in [5.74, 6) is 0.830. The predicted octanol–water partition coefficient (Wildman–Crippen LogP) is 1.68. The molecule has 1 fully saturated rings. The quantitative estimate of drug-likeness (QED) is 0.907. The second-order valence-corrected chi connectivity index (χ2v) is 5.07. The Morgan fingerprint density at radius 2 is 2.17 bits per heavy atom. The molecule has 0 radical (unpaired) electrons. The molecule has 5 heteroatoms. The van der Waals surface area contributed by atoms with E-state index in [1.165, 1.54) is 11.5 Å². The highest BCUT2D eigenvalue weighted by Gasteiger charge is 2.25. The average molecular weight is 259 g/mol. The smallest absolute Gasteiger partial charge is 0.157 e. The molecule has 0 amide bonds. The second-order valence-electron chi connectivity index (χ2n) is 4.32. The van der Waals surface area contributed by atoms with E-state index >= 15 is 0 Å². The van der Waals surface area contributed by atoms with Crippen molar-refractivity contribution in [3.63, 3.8) is 0 Å². The Morgan fingerprint density at radius 1 is 1.39 bits per heavy atom. The first-order chi connectivity index (χ1) is 8.83. The van der Waals surface area contributed by atoms with Crippen molar-refractivity contribution >= 4 is 17.3 Å². The number of benzene rings is 1. The Kier molecular flexibility index (Phi) is 3.17. The van der Waals surface area contributed by atoms with Crippen LogP contribution in [0.15, 0.2) is 30.3 Å². The van der Waals surface area contributed by atoms with Crippen LogP contribution in [-0.4, -0.2) is 27.7 Å². The molecule has 0 unspecified atom stereocenters. The lowest BCUT2D eigenvalue weighted by atomic mass is 10.0. The Labute approximate surface area is 109 Å². The Balaban J connectivity index is 1.71. The lowest BCUT2D eigenvalue weighted by Gasteiger charge is -2.25. The fraction of sp³-hybridized carbons (Fsp3) is 0.308. The Morgan fingerprint density at radius 3 is 2.83 bits per heavy atom. The summed E-state index contributed by atoms with van der Waals surface area (Å²) < 4.78 is 4.26. The van der Waals surface area contributed by atoms with Crippen LogP contribution in [0.3, 0.4) is 0 Å². The molecule has 0 saturated carbocycles. The summed E-state index contributed by atoms with van der Waals surface area (Å²) in [6.07, 6.45) is 1.27. The topological polar surface area (TPSA) is 54.9 Å². The van der Waals surface area contributed by atoms with Gasteiger partial charge in [-0.15, -0.1) is 0 Å². The molecule has 18 heavy (non-hydrogen) atoms. The van der Waals surface area contributed by atoms with Gasteiger partial charge in [0.15, 0.2) is 5.78 Å². The number of Topliss-reactive ketones (excluding diaryl/α,β-unsaturated/α-hetero) is 1. The molecule has 3 rings (SSSR count). The number of carbonyl (C=O) groups is 1. The lowest BCUT2D eigenvalue weighted by Crippen LogP contribution is -2.49. The zero-order valence-electron chi connectivity index (χ0n) is 9.80. The number of carbonyl (C=O) groups excluding carboxylic acids is 1. The van der Waals surface area contributed by atoms with E-state index in [0.717, 1.165) is 23.5 Å². The molecule has 1 aromatic carbocycles. The summed E-state index contributed by atoms with van der Waals surface area (Å²) in [4.78, 5) is 16.2. The van der Waals surface area contributed by atoms with Crippen LogP contribution in [0.1, 0.15) is 12.2 Å². The summed E-state index contributed by atoms with van der Waals surface area (Å²) in [6, 6.07) is 9.93. The van der Waals surface area contributed by atoms with Crippen LogP contribution < -0.4 is 5.32 Å². The van der Waals surface area contributed by atoms with Gasteiger partial charge in [-0.2, -0.15) is 4.37 Å². The molecule has 0 spiro atoms. The standard InChI is InChI=1S/C13H13N3OS/c17-11(10-6-7-14-10)8-12-15-13(18-16-12)9-4-2-1-3-5-9/h1-5,10,14H,6-8H2/t10-/m0/s1. The van der Waals surface area contributed by atoms with Gasteiger partial charge in [0.05, 0.1) is 12.5 Å². The molecule has 92 valence electrons. The van der Waals surface area contributed by atoms with Gasteiger partial charge in [0.1, 0.15) is 10.8 Å². The fourth-order valence-corrected chi connectivity index (χ4v) is 2.55. The summed E-state index contributed by atoms with van der Waals surface area (Å²) in [7, 11) is 0. The lowest BCUT2D eigenvalue weighted by molar-refractivity contribution is -0.122. The first-order valence-corrected chi connectivity index (χ1v) is 6.74. The maximum atomic E-state index is 11.8. The van der Waals surface area contributed by atoms with Gasteiger partial charge in [0.2, 0.25) is 0 Å². The van der Waals surface area contributed by atoms with E-state index in [1.807, 2.05) is 30.3 Å². The van der Waals surface area contributed by atoms with Crippen LogP contribution in [-0.2, 0) is 11.2 Å². The number of hydrogen-bond donors (Lipinski definition) is 1. The third kappa shape index (κ3) is 2.32. The van der Waals surface area contributed by atoms with E-state index < -0.39 is 0 Å². The van der Waals surface area contributed by atoms with Gasteiger partial charge in [0, 0.05) is 5.56 Å². The van der Waals surface area contributed by atoms with Gasteiger partial charge in [-0.05, 0) is 24.5 Å². The van der Waals surface area contributed by atoms with Crippen molar-refractivity contribution in [3.05, 3.63) is 36.2 Å². The van der Waals surface area contributed by atoms with Gasteiger partial charge >= 0.3 is 0 Å². The molecular formula is C13H13N3OS. The Hall–Kier alpha value is -1.59. The largest absolute Gasteiger partial charge is 0.307 e. The van der Waals surface area contributed by atoms with E-state index in [0.29, 0.717) is 12.2 Å². The van der Waals surface area contributed by atoms with Crippen LogP contribution >= 0.6 is 11.5 Å². The van der Waals surface area contributed by atoms with E-state index in [9.17, 15) is 4.79 Å². The van der Waals surface area contributed by atoms with Crippen LogP contribution in [0.5, 0.6) is 0 Å². The first kappa shape index (κ1) is 11.5. The van der Waals surface area contributed by atoms with Gasteiger partial charge in [-0.25, -0.2) is 4.98 Å². The van der Waals surface area contributed by atoms with Crippen LogP contribution in [0, 0.1) is 0 Å². The van der Waals surface area contributed by atoms with Crippen molar-refractivity contribution in [2.24, 2.45) is 0 Å². The highest BCUT2D eigenvalue weighted by molar-refractivity contribution is 7.09. The summed E-state index contributed by atoms with van der Waals surface area (Å²) in [6.45, 7) is 0.941. The second kappa shape index (κ2) is 4.96. The summed E-state index contributed by atoms with van der Waals surface area (Å²) >= 11 is 1.35. The average Bonchev–Trinajstić information content (AvgIpc) is 2.76. The summed E-state index contributed by atoms with van der Waals surface area (Å²) in [5, 5.41) is 3.98. The van der Waals surface area contributed by atoms with Crippen molar-refractivity contribution in [1.29, 1.82) is 0 Å². The van der Waals surface area contributed by atoms with Crippen molar-refractivity contribution < 1.29 is 4.79 Å². The van der Waals surface area contributed by atoms with Gasteiger partial charge in [-0.1, -0.05) is 30.3 Å². The minimum Gasteiger partial charge on any atom is -0.307 e. The van der Waals surface area contributed by atoms with E-state index in [-0.39, 0.29) is 11.8 Å². The Bertz CT molecular complexity index is 548. The number of nitrogens with zero attached hydrogens (tertiary/aromatic N) is 2. The zero-order chi connectivity index (χ0) is 12.4. The third-order valence-corrected chi connectivity index (χ3v) is 3.84. The molecule has 1 aliphatic rings. The maximum absolute atomic E-state index is 11.8. The number of nitrogens with one attached hydrogen (secondary N) is 1. The minimum atomic E-state index is 0.0219. The summed E-state index contributed by atoms with van der Waals surface area (Å²) in [5.41, 5.74) is 1.05. The molecule has 4 nitrogen and oxygen atoms in total. The zero-order valence-corrected chi connectivity index (χ0v) is 10.6. The number of rotatable bonds is 4. The molecule has 1 aliphatic heterocycles. The highest BCUT2D eigenvalue weighted by Crippen LogP contribution is 2.21. The monoisotopic (exact) mass is 259 g/mol. The van der Waals surface area contributed by atoms with E-state index in [1.54, 1.807) is 0 Å². The molecule has 2 heterocycles. The first-order valence-electron chi connectivity index (χ1n) is 5.97. The van der Waals surface area contributed by atoms with E-state index in [4.69, 9.17) is 0 Å². The SMILES string of the molecule is O=C(Cc1nsc(-c2ccccc2)n1)[C@@H]1CCN1. The van der Waals surface area contributed by atoms with Crippen molar-refractivity contribution in [2.75, 3.05) is 6.54 Å². The molecule has 2 aromatic rings. The van der Waals surface area contributed by atoms with Gasteiger partial charge < -0.3 is 5.32 Å². The van der Waals surface area contributed by atoms with Crippen molar-refractivity contribution in [3.8, 4) is 10.6 Å². The molecule has 1 N–H and O–H groups in total. The van der Waals surface area contributed by atoms with Crippen molar-refractivity contribution in [2.45, 2.75) is 18.9 Å². The van der Waals surface area contributed by atoms with Crippen LogP contribution in [0.2, 0.25) is 0 Å². The minimum absolute atomic E-state index is 0.0219. The van der Waals surface area contributed by atoms with Crippen LogP contribution in [0.25, 0.3) is 10.6 Å². The van der Waals surface area contributed by atoms with Crippen molar-refractivity contribution in [1.82, 2.24) is 14.7 Å². The number of aromatic nitrogens is 2. The molecule has 0 aliphatic carbocycles.